The zero-order valence-electron chi connectivity index (χ0n) is 16.5. The van der Waals surface area contributed by atoms with Crippen LogP contribution in [0.15, 0.2) is 76.1 Å². The van der Waals surface area contributed by atoms with E-state index < -0.39 is 40.1 Å². The third-order valence-corrected chi connectivity index (χ3v) is 6.08. The number of carbonyl (C=O) groups excluding carboxylic acids is 1. The van der Waals surface area contributed by atoms with Crippen LogP contribution in [0.4, 0.5) is 28.9 Å². The van der Waals surface area contributed by atoms with Crippen molar-refractivity contribution in [2.45, 2.75) is 11.1 Å². The van der Waals surface area contributed by atoms with Gasteiger partial charge in [0.15, 0.2) is 6.61 Å². The lowest BCUT2D eigenvalue weighted by Gasteiger charge is -2.12. The molecule has 3 aromatic carbocycles. The largest absolute Gasteiger partial charge is 0.484 e. The molecular formula is C21H15BrF4N2O4S. The molecule has 3 aromatic rings. The van der Waals surface area contributed by atoms with Gasteiger partial charge in [-0.05, 0) is 66.7 Å². The second kappa shape index (κ2) is 9.79. The number of ether oxygens (including phenoxy) is 1. The molecule has 33 heavy (non-hydrogen) atoms. The van der Waals surface area contributed by atoms with E-state index in [0.29, 0.717) is 17.8 Å². The topological polar surface area (TPSA) is 84.5 Å². The summed E-state index contributed by atoms with van der Waals surface area (Å²) in [4.78, 5) is 11.9. The molecule has 0 unspecified atom stereocenters. The van der Waals surface area contributed by atoms with E-state index in [4.69, 9.17) is 4.74 Å². The number of sulfonamides is 1. The summed E-state index contributed by atoms with van der Waals surface area (Å²) in [5, 5.41) is 2.18. The first-order valence-electron chi connectivity index (χ1n) is 9.12. The molecule has 6 nitrogen and oxygen atoms in total. The Morgan fingerprint density at radius 2 is 1.55 bits per heavy atom. The van der Waals surface area contributed by atoms with Gasteiger partial charge in [-0.25, -0.2) is 12.8 Å². The fourth-order valence-electron chi connectivity index (χ4n) is 2.61. The molecule has 3 rings (SSSR count). The van der Waals surface area contributed by atoms with Crippen LogP contribution >= 0.6 is 15.9 Å². The van der Waals surface area contributed by atoms with Gasteiger partial charge < -0.3 is 10.1 Å². The van der Waals surface area contributed by atoms with Gasteiger partial charge in [0.25, 0.3) is 15.9 Å². The highest BCUT2D eigenvalue weighted by Crippen LogP contribution is 2.33. The van der Waals surface area contributed by atoms with Crippen molar-refractivity contribution < 1.29 is 35.5 Å². The average molecular weight is 547 g/mol. The molecule has 2 N–H and O–H groups in total. The zero-order valence-corrected chi connectivity index (χ0v) is 18.9. The number of halogens is 5. The van der Waals surface area contributed by atoms with Crippen LogP contribution in [-0.4, -0.2) is 20.9 Å². The number of amides is 1. The first-order chi connectivity index (χ1) is 15.4. The molecule has 0 fully saturated rings. The number of nitrogens with one attached hydrogen (secondary N) is 2. The molecule has 0 spiro atoms. The van der Waals surface area contributed by atoms with Crippen LogP contribution in [-0.2, 0) is 21.0 Å². The number of rotatable bonds is 7. The Morgan fingerprint density at radius 3 is 2.15 bits per heavy atom. The monoisotopic (exact) mass is 546 g/mol. The Bertz CT molecular complexity index is 1250. The van der Waals surface area contributed by atoms with Gasteiger partial charge in [-0.1, -0.05) is 15.9 Å². The van der Waals surface area contributed by atoms with E-state index in [1.807, 2.05) is 0 Å². The standard InChI is InChI=1S/C21H15BrF4N2O4S/c22-13-1-3-14(4-2-13)28-33(30,31)17-8-6-16(7-9-17)32-12-20(29)27-15-5-10-19(23)18(11-15)21(24,25)26/h1-11,28H,12H2,(H,27,29). The van der Waals surface area contributed by atoms with Gasteiger partial charge in [0, 0.05) is 15.8 Å². The van der Waals surface area contributed by atoms with Crippen LogP contribution in [0, 0.1) is 5.82 Å². The minimum Gasteiger partial charge on any atom is -0.484 e. The quantitative estimate of drug-likeness (QED) is 0.387. The van der Waals surface area contributed by atoms with Gasteiger partial charge >= 0.3 is 6.18 Å². The fourth-order valence-corrected chi connectivity index (χ4v) is 3.94. The molecule has 0 aliphatic carbocycles. The third kappa shape index (κ3) is 6.68. The van der Waals surface area contributed by atoms with E-state index in [9.17, 15) is 30.8 Å². The summed E-state index contributed by atoms with van der Waals surface area (Å²) in [6.45, 7) is -0.567. The van der Waals surface area contributed by atoms with Crippen molar-refractivity contribution in [2.24, 2.45) is 0 Å². The highest BCUT2D eigenvalue weighted by Gasteiger charge is 2.34. The van der Waals surface area contributed by atoms with Crippen LogP contribution in [0.2, 0.25) is 0 Å². The Balaban J connectivity index is 1.59. The molecule has 0 aliphatic rings. The molecule has 0 saturated heterocycles. The molecule has 0 saturated carbocycles. The second-order valence-corrected chi connectivity index (χ2v) is 9.21. The number of alkyl halides is 3. The summed E-state index contributed by atoms with van der Waals surface area (Å²) in [6, 6.07) is 13.8. The van der Waals surface area contributed by atoms with Gasteiger partial charge in [-0.15, -0.1) is 0 Å². The first kappa shape index (κ1) is 24.5. The SMILES string of the molecule is O=C(COc1ccc(S(=O)(=O)Nc2ccc(Br)cc2)cc1)Nc1ccc(F)c(C(F)(F)F)c1. The van der Waals surface area contributed by atoms with Crippen molar-refractivity contribution in [2.75, 3.05) is 16.6 Å². The molecule has 174 valence electrons. The van der Waals surface area contributed by atoms with Gasteiger partial charge in [-0.3, -0.25) is 9.52 Å². The summed E-state index contributed by atoms with van der Waals surface area (Å²) in [5.41, 5.74) is -1.39. The van der Waals surface area contributed by atoms with Gasteiger partial charge in [-0.2, -0.15) is 13.2 Å². The lowest BCUT2D eigenvalue weighted by Crippen LogP contribution is -2.21. The summed E-state index contributed by atoms with van der Waals surface area (Å²) >= 11 is 3.26. The van der Waals surface area contributed by atoms with Crippen molar-refractivity contribution in [3.63, 3.8) is 0 Å². The van der Waals surface area contributed by atoms with E-state index in [2.05, 4.69) is 26.0 Å². The smallest absolute Gasteiger partial charge is 0.419 e. The van der Waals surface area contributed by atoms with E-state index in [1.165, 1.54) is 24.3 Å². The van der Waals surface area contributed by atoms with Crippen molar-refractivity contribution in [1.82, 2.24) is 0 Å². The van der Waals surface area contributed by atoms with Gasteiger partial charge in [0.2, 0.25) is 0 Å². The van der Waals surface area contributed by atoms with Crippen molar-refractivity contribution >= 4 is 43.2 Å². The Hall–Kier alpha value is -3.12. The van der Waals surface area contributed by atoms with Crippen molar-refractivity contribution in [1.29, 1.82) is 0 Å². The van der Waals surface area contributed by atoms with Crippen molar-refractivity contribution in [3.05, 3.63) is 82.6 Å². The molecule has 0 radical (unpaired) electrons. The Morgan fingerprint density at radius 1 is 0.939 bits per heavy atom. The summed E-state index contributed by atoms with van der Waals surface area (Å²) in [5.74, 6) is -2.09. The van der Waals surface area contributed by atoms with E-state index in [0.717, 1.165) is 10.5 Å². The minimum absolute atomic E-state index is 0.0480. The Kier molecular flexibility index (Phi) is 7.28. The predicted molar refractivity (Wildman–Crippen MR) is 117 cm³/mol. The molecule has 1 amide bonds. The first-order valence-corrected chi connectivity index (χ1v) is 11.4. The molecule has 0 aromatic heterocycles. The molecule has 0 aliphatic heterocycles. The van der Waals surface area contributed by atoms with E-state index in [1.54, 1.807) is 24.3 Å². The number of anilines is 2. The fraction of sp³-hybridized carbons (Fsp3) is 0.0952. The predicted octanol–water partition coefficient (Wildman–Crippen LogP) is 5.43. The van der Waals surface area contributed by atoms with Crippen LogP contribution in [0.1, 0.15) is 5.56 Å². The van der Waals surface area contributed by atoms with Crippen LogP contribution in [0.25, 0.3) is 0 Å². The molecule has 0 heterocycles. The highest BCUT2D eigenvalue weighted by molar-refractivity contribution is 9.10. The lowest BCUT2D eigenvalue weighted by molar-refractivity contribution is -0.140. The number of benzene rings is 3. The molecular weight excluding hydrogens is 532 g/mol. The summed E-state index contributed by atoms with van der Waals surface area (Å²) < 4.78 is 85.0. The number of carbonyl (C=O) groups is 1. The molecule has 12 heteroatoms. The maximum Gasteiger partial charge on any atom is 0.419 e. The van der Waals surface area contributed by atoms with E-state index in [-0.39, 0.29) is 16.3 Å². The second-order valence-electron chi connectivity index (χ2n) is 6.61. The van der Waals surface area contributed by atoms with Crippen molar-refractivity contribution in [3.8, 4) is 5.75 Å². The molecule has 0 bridgehead atoms. The van der Waals surface area contributed by atoms with Crippen LogP contribution in [0.5, 0.6) is 5.75 Å². The maximum absolute atomic E-state index is 13.3. The summed E-state index contributed by atoms with van der Waals surface area (Å²) in [6.07, 6.45) is -4.91. The molecule has 0 atom stereocenters. The Labute approximate surface area is 194 Å². The van der Waals surface area contributed by atoms with Crippen LogP contribution in [0.3, 0.4) is 0 Å². The number of hydrogen-bond acceptors (Lipinski definition) is 4. The lowest BCUT2D eigenvalue weighted by atomic mass is 10.2. The summed E-state index contributed by atoms with van der Waals surface area (Å²) in [7, 11) is -3.86. The maximum atomic E-state index is 13.3. The van der Waals surface area contributed by atoms with Gasteiger partial charge in [0.05, 0.1) is 10.5 Å². The third-order valence-electron chi connectivity index (χ3n) is 4.16. The highest BCUT2D eigenvalue weighted by atomic mass is 79.9. The van der Waals surface area contributed by atoms with E-state index >= 15 is 0 Å². The number of hydrogen-bond donors (Lipinski definition) is 2. The minimum atomic E-state index is -4.91. The normalized spacial score (nSPS) is 11.7. The van der Waals surface area contributed by atoms with Gasteiger partial charge in [0.1, 0.15) is 11.6 Å². The average Bonchev–Trinajstić information content (AvgIpc) is 2.75. The van der Waals surface area contributed by atoms with Crippen LogP contribution < -0.4 is 14.8 Å². The zero-order chi connectivity index (χ0) is 24.2.